The highest BCUT2D eigenvalue weighted by Gasteiger charge is 2.32. The first-order chi connectivity index (χ1) is 13.8. The van der Waals surface area contributed by atoms with Gasteiger partial charge in [0.15, 0.2) is 0 Å². The molecule has 0 aliphatic carbocycles. The van der Waals surface area contributed by atoms with Crippen LogP contribution < -0.4 is 10.9 Å². The number of aromatic nitrogens is 5. The zero-order valence-corrected chi connectivity index (χ0v) is 17.0. The Labute approximate surface area is 168 Å². The fraction of sp³-hybridized carbons (Fsp3) is 0.318. The van der Waals surface area contributed by atoms with Crippen molar-refractivity contribution >= 4 is 16.9 Å². The maximum atomic E-state index is 13.4. The van der Waals surface area contributed by atoms with Crippen molar-refractivity contribution in [3.8, 4) is 22.4 Å². The van der Waals surface area contributed by atoms with Gasteiger partial charge in [-0.15, -0.1) is 0 Å². The second-order valence-electron chi connectivity index (χ2n) is 8.70. The van der Waals surface area contributed by atoms with Gasteiger partial charge in [-0.25, -0.2) is 4.98 Å². The second kappa shape index (κ2) is 6.07. The molecule has 1 aliphatic rings. The van der Waals surface area contributed by atoms with E-state index < -0.39 is 0 Å². The largest absolute Gasteiger partial charge is 0.360 e. The molecule has 3 N–H and O–H groups in total. The number of fused-ring (bicyclic) bond motifs is 2. The smallest absolute Gasteiger partial charge is 0.259 e. The molecule has 1 aromatic carbocycles. The van der Waals surface area contributed by atoms with Crippen LogP contribution in [0.25, 0.3) is 33.3 Å². The summed E-state index contributed by atoms with van der Waals surface area (Å²) in [5.74, 6) is 0.702. The van der Waals surface area contributed by atoms with Crippen LogP contribution in [0.1, 0.15) is 39.2 Å². The Morgan fingerprint density at radius 2 is 2.00 bits per heavy atom. The van der Waals surface area contributed by atoms with Gasteiger partial charge in [0.05, 0.1) is 24.0 Å². The molecule has 5 rings (SSSR count). The van der Waals surface area contributed by atoms with E-state index in [1.807, 2.05) is 26.2 Å². The summed E-state index contributed by atoms with van der Waals surface area (Å²) in [6.07, 6.45) is 5.63. The quantitative estimate of drug-likeness (QED) is 0.492. The molecular weight excluding hydrogens is 364 g/mol. The van der Waals surface area contributed by atoms with Crippen molar-refractivity contribution in [3.63, 3.8) is 0 Å². The average molecular weight is 388 g/mol. The third-order valence-corrected chi connectivity index (χ3v) is 5.55. The number of H-pyrrole nitrogens is 2. The van der Waals surface area contributed by atoms with Crippen LogP contribution in [0, 0.1) is 0 Å². The lowest BCUT2D eigenvalue weighted by Crippen LogP contribution is -2.30. The van der Waals surface area contributed by atoms with Crippen LogP contribution in [-0.4, -0.2) is 30.3 Å². The summed E-state index contributed by atoms with van der Waals surface area (Å²) in [5, 5.41) is 11.3. The molecule has 0 atom stereocenters. The minimum atomic E-state index is -0.194. The number of hydrogen-bond acceptors (Lipinski definition) is 4. The van der Waals surface area contributed by atoms with Crippen molar-refractivity contribution in [2.75, 3.05) is 5.32 Å². The maximum Gasteiger partial charge on any atom is 0.259 e. The summed E-state index contributed by atoms with van der Waals surface area (Å²) in [6, 6.07) is 6.24. The molecular formula is C22H24N6O. The molecule has 0 amide bonds. The molecule has 4 aromatic rings. The van der Waals surface area contributed by atoms with Crippen LogP contribution in [0.5, 0.6) is 0 Å². The van der Waals surface area contributed by atoms with Crippen molar-refractivity contribution in [1.82, 2.24) is 24.7 Å². The summed E-state index contributed by atoms with van der Waals surface area (Å²) in [5.41, 5.74) is 5.39. The molecule has 0 unspecified atom stereocenters. The summed E-state index contributed by atoms with van der Waals surface area (Å²) in [7, 11) is 0. The first-order valence-electron chi connectivity index (χ1n) is 9.87. The second-order valence-corrected chi connectivity index (χ2v) is 8.70. The molecule has 0 saturated carbocycles. The predicted octanol–water partition coefficient (Wildman–Crippen LogP) is 4.11. The molecule has 0 fully saturated rings. The normalized spacial score (nSPS) is 15.1. The molecule has 29 heavy (non-hydrogen) atoms. The lowest BCUT2D eigenvalue weighted by Gasteiger charge is -2.15. The van der Waals surface area contributed by atoms with E-state index in [-0.39, 0.29) is 17.0 Å². The van der Waals surface area contributed by atoms with E-state index in [0.717, 1.165) is 38.9 Å². The number of benzene rings is 1. The average Bonchev–Trinajstić information content (AvgIpc) is 3.37. The first-order valence-corrected chi connectivity index (χ1v) is 9.87. The molecule has 7 heteroatoms. The van der Waals surface area contributed by atoms with Gasteiger partial charge in [0.2, 0.25) is 5.95 Å². The molecule has 3 aromatic heterocycles. The van der Waals surface area contributed by atoms with E-state index in [4.69, 9.17) is 4.98 Å². The van der Waals surface area contributed by atoms with Gasteiger partial charge < -0.3 is 10.3 Å². The van der Waals surface area contributed by atoms with Gasteiger partial charge in [-0.3, -0.25) is 14.5 Å². The third kappa shape index (κ3) is 2.76. The van der Waals surface area contributed by atoms with Crippen molar-refractivity contribution in [2.45, 2.75) is 45.7 Å². The lowest BCUT2D eigenvalue weighted by molar-refractivity contribution is 0.515. The lowest BCUT2D eigenvalue weighted by atomic mass is 9.97. The van der Waals surface area contributed by atoms with Gasteiger partial charge >= 0.3 is 0 Å². The standard InChI is InChI=1S/C22H24N6O/c1-12(2)18-19(26-21-27-22(3,4)11-28(21)20(18)29)16-10-23-17-6-5-13(7-15(16)17)14-8-24-25-9-14/h5-10,12,23H,11H2,1-4H3,(H,24,25)(H,26,27). The first kappa shape index (κ1) is 17.7. The van der Waals surface area contributed by atoms with Gasteiger partial charge in [0.25, 0.3) is 5.56 Å². The Balaban J connectivity index is 1.76. The molecule has 4 heterocycles. The molecule has 7 nitrogen and oxygen atoms in total. The fourth-order valence-corrected chi connectivity index (χ4v) is 4.18. The van der Waals surface area contributed by atoms with Crippen molar-refractivity contribution in [1.29, 1.82) is 0 Å². The zero-order valence-electron chi connectivity index (χ0n) is 17.0. The Morgan fingerprint density at radius 1 is 1.17 bits per heavy atom. The number of nitrogens with zero attached hydrogens (tertiary/aromatic N) is 3. The minimum absolute atomic E-state index is 0.0402. The highest BCUT2D eigenvalue weighted by molar-refractivity contribution is 5.98. The fourth-order valence-electron chi connectivity index (χ4n) is 4.18. The summed E-state index contributed by atoms with van der Waals surface area (Å²) in [6.45, 7) is 8.88. The van der Waals surface area contributed by atoms with Crippen LogP contribution in [0.3, 0.4) is 0 Å². The minimum Gasteiger partial charge on any atom is -0.360 e. The van der Waals surface area contributed by atoms with Gasteiger partial charge in [-0.1, -0.05) is 19.9 Å². The van der Waals surface area contributed by atoms with Crippen LogP contribution >= 0.6 is 0 Å². The summed E-state index contributed by atoms with van der Waals surface area (Å²) in [4.78, 5) is 21.6. The third-order valence-electron chi connectivity index (χ3n) is 5.55. The number of nitrogens with one attached hydrogen (secondary N) is 3. The van der Waals surface area contributed by atoms with Crippen molar-refractivity contribution in [2.24, 2.45) is 0 Å². The zero-order chi connectivity index (χ0) is 20.3. The molecule has 0 radical (unpaired) electrons. The number of anilines is 1. The van der Waals surface area contributed by atoms with Gasteiger partial charge in [0.1, 0.15) is 0 Å². The Morgan fingerprint density at radius 3 is 2.72 bits per heavy atom. The van der Waals surface area contributed by atoms with Gasteiger partial charge in [-0.2, -0.15) is 5.10 Å². The van der Waals surface area contributed by atoms with E-state index in [2.05, 4.69) is 52.5 Å². The van der Waals surface area contributed by atoms with E-state index in [0.29, 0.717) is 12.5 Å². The van der Waals surface area contributed by atoms with Crippen molar-refractivity contribution < 1.29 is 0 Å². The van der Waals surface area contributed by atoms with E-state index in [1.54, 1.807) is 10.8 Å². The molecule has 1 aliphatic heterocycles. The van der Waals surface area contributed by atoms with Crippen LogP contribution in [0.15, 0.2) is 41.6 Å². The van der Waals surface area contributed by atoms with Crippen LogP contribution in [-0.2, 0) is 6.54 Å². The Bertz CT molecular complexity index is 1280. The highest BCUT2D eigenvalue weighted by atomic mass is 16.1. The summed E-state index contributed by atoms with van der Waals surface area (Å²) >= 11 is 0. The van der Waals surface area contributed by atoms with Crippen LogP contribution in [0.4, 0.5) is 5.95 Å². The van der Waals surface area contributed by atoms with Gasteiger partial charge in [-0.05, 0) is 37.5 Å². The van der Waals surface area contributed by atoms with E-state index in [9.17, 15) is 4.79 Å². The van der Waals surface area contributed by atoms with E-state index >= 15 is 0 Å². The Kier molecular flexibility index (Phi) is 3.71. The molecule has 0 saturated heterocycles. The summed E-state index contributed by atoms with van der Waals surface area (Å²) < 4.78 is 1.77. The van der Waals surface area contributed by atoms with Gasteiger partial charge in [0, 0.05) is 40.0 Å². The predicted molar refractivity (Wildman–Crippen MR) is 115 cm³/mol. The van der Waals surface area contributed by atoms with E-state index in [1.165, 1.54) is 0 Å². The molecule has 0 bridgehead atoms. The number of hydrogen-bond donors (Lipinski definition) is 3. The maximum absolute atomic E-state index is 13.4. The SMILES string of the molecule is CC(C)c1c(-c2c[nH]c3ccc(-c4cn[nH]c4)cc23)nc2n(c1=O)CC(C)(C)N2. The molecule has 148 valence electrons. The number of aromatic amines is 2. The van der Waals surface area contributed by atoms with Crippen molar-refractivity contribution in [3.05, 3.63) is 52.7 Å². The number of rotatable bonds is 3. The molecule has 0 spiro atoms. The topological polar surface area (TPSA) is 91.4 Å². The monoisotopic (exact) mass is 388 g/mol. The van der Waals surface area contributed by atoms with Crippen LogP contribution in [0.2, 0.25) is 0 Å². The Hall–Kier alpha value is -3.35. The highest BCUT2D eigenvalue weighted by Crippen LogP contribution is 2.35.